The van der Waals surface area contributed by atoms with Crippen LogP contribution in [0.2, 0.25) is 0 Å². The fourth-order valence-electron chi connectivity index (χ4n) is 3.98. The van der Waals surface area contributed by atoms with Crippen molar-refractivity contribution in [2.75, 3.05) is 13.1 Å². The number of hydrogen-bond donors (Lipinski definition) is 4. The molecule has 0 fully saturated rings. The van der Waals surface area contributed by atoms with Gasteiger partial charge in [-0.05, 0) is 42.6 Å². The second-order valence-electron chi connectivity index (χ2n) is 9.03. The van der Waals surface area contributed by atoms with E-state index in [1.165, 1.54) is 6.92 Å². The van der Waals surface area contributed by atoms with E-state index in [2.05, 4.69) is 5.32 Å². The van der Waals surface area contributed by atoms with Crippen molar-refractivity contribution < 1.29 is 19.5 Å². The Bertz CT molecular complexity index is 957. The minimum absolute atomic E-state index is 0.124. The van der Waals surface area contributed by atoms with Crippen LogP contribution in [0.4, 0.5) is 0 Å². The Labute approximate surface area is 195 Å². The molecule has 0 aliphatic rings. The summed E-state index contributed by atoms with van der Waals surface area (Å²) in [4.78, 5) is 38.4. The van der Waals surface area contributed by atoms with E-state index in [4.69, 9.17) is 11.5 Å². The molecule has 2 aromatic rings. The van der Waals surface area contributed by atoms with Crippen LogP contribution in [0.1, 0.15) is 39.2 Å². The summed E-state index contributed by atoms with van der Waals surface area (Å²) < 4.78 is 0. The number of amides is 1. The number of carbonyl (C=O) groups is 3. The minimum Gasteiger partial charge on any atom is -0.393 e. The highest BCUT2D eigenvalue weighted by atomic mass is 16.3. The van der Waals surface area contributed by atoms with E-state index in [1.54, 1.807) is 13.8 Å². The molecule has 0 radical (unpaired) electrons. The lowest BCUT2D eigenvalue weighted by molar-refractivity contribution is -0.136. The van der Waals surface area contributed by atoms with Gasteiger partial charge in [-0.2, -0.15) is 0 Å². The first-order valence-electron chi connectivity index (χ1n) is 11.6. The summed E-state index contributed by atoms with van der Waals surface area (Å²) >= 11 is 0. The molecule has 33 heavy (non-hydrogen) atoms. The molecule has 0 saturated heterocycles. The van der Waals surface area contributed by atoms with Crippen LogP contribution in [0, 0.1) is 17.8 Å². The van der Waals surface area contributed by atoms with Gasteiger partial charge in [0.05, 0.1) is 18.1 Å². The number of hydrogen-bond acceptors (Lipinski definition) is 6. The molecule has 0 aliphatic heterocycles. The van der Waals surface area contributed by atoms with Crippen LogP contribution >= 0.6 is 0 Å². The zero-order valence-electron chi connectivity index (χ0n) is 19.8. The van der Waals surface area contributed by atoms with Crippen molar-refractivity contribution in [2.24, 2.45) is 29.2 Å². The predicted molar refractivity (Wildman–Crippen MR) is 130 cm³/mol. The third-order valence-corrected chi connectivity index (χ3v) is 6.06. The molecule has 1 amide bonds. The third-order valence-electron chi connectivity index (χ3n) is 6.06. The van der Waals surface area contributed by atoms with Crippen molar-refractivity contribution in [3.63, 3.8) is 0 Å². The minimum atomic E-state index is -1.05. The summed E-state index contributed by atoms with van der Waals surface area (Å²) in [7, 11) is 0. The summed E-state index contributed by atoms with van der Waals surface area (Å²) in [5, 5.41) is 15.1. The lowest BCUT2D eigenvalue weighted by Crippen LogP contribution is -2.48. The summed E-state index contributed by atoms with van der Waals surface area (Å²) in [6.07, 6.45) is -0.447. The molecule has 2 rings (SSSR count). The molecule has 7 nitrogen and oxygen atoms in total. The Hall–Kier alpha value is -2.61. The van der Waals surface area contributed by atoms with E-state index in [-0.39, 0.29) is 37.0 Å². The standard InChI is InChI=1S/C26H37N3O4/c1-16(2)25(32)23(10-11-27)29-26(33)22(17(3)30)14-24(31)21(15-28)13-18-8-9-19-6-4-5-7-20(19)12-18/h4-9,12,16-17,21-23,30H,10-11,13-15,27-28H2,1-3H3,(H,29,33)/t17-,21?,22-,23-/m0/s1. The van der Waals surface area contributed by atoms with Crippen LogP contribution < -0.4 is 16.8 Å². The maximum Gasteiger partial charge on any atom is 0.226 e. The van der Waals surface area contributed by atoms with Gasteiger partial charge in [0.15, 0.2) is 5.78 Å². The maximum atomic E-state index is 13.1. The topological polar surface area (TPSA) is 136 Å². The zero-order chi connectivity index (χ0) is 24.5. The smallest absolute Gasteiger partial charge is 0.226 e. The first-order valence-corrected chi connectivity index (χ1v) is 11.6. The Morgan fingerprint density at radius 1 is 1.00 bits per heavy atom. The predicted octanol–water partition coefficient (Wildman–Crippen LogP) is 1.97. The Morgan fingerprint density at radius 3 is 2.24 bits per heavy atom. The van der Waals surface area contributed by atoms with Gasteiger partial charge in [-0.25, -0.2) is 0 Å². The van der Waals surface area contributed by atoms with Gasteiger partial charge in [-0.15, -0.1) is 0 Å². The summed E-state index contributed by atoms with van der Waals surface area (Å²) in [5.41, 5.74) is 12.5. The van der Waals surface area contributed by atoms with Crippen LogP contribution in [0.3, 0.4) is 0 Å². The molecule has 1 unspecified atom stereocenters. The molecule has 0 saturated carbocycles. The summed E-state index contributed by atoms with van der Waals surface area (Å²) in [6, 6.07) is 13.3. The van der Waals surface area contributed by atoms with Gasteiger partial charge in [0.2, 0.25) is 5.91 Å². The Kier molecular flexibility index (Phi) is 10.2. The van der Waals surface area contributed by atoms with Crippen LogP contribution in [-0.4, -0.2) is 47.8 Å². The second kappa shape index (κ2) is 12.6. The number of fused-ring (bicyclic) bond motifs is 1. The van der Waals surface area contributed by atoms with Crippen LogP contribution in [0.25, 0.3) is 10.8 Å². The molecule has 4 atom stereocenters. The number of rotatable bonds is 13. The summed E-state index contributed by atoms with van der Waals surface area (Å²) in [6.45, 7) is 5.36. The van der Waals surface area contributed by atoms with E-state index in [9.17, 15) is 19.5 Å². The van der Waals surface area contributed by atoms with Crippen molar-refractivity contribution in [3.8, 4) is 0 Å². The van der Waals surface area contributed by atoms with Gasteiger partial charge in [-0.3, -0.25) is 14.4 Å². The van der Waals surface area contributed by atoms with Crippen LogP contribution in [0.5, 0.6) is 0 Å². The number of Topliss-reactive ketones (excluding diaryl/α,β-unsaturated/α-hetero) is 2. The molecule has 0 heterocycles. The lowest BCUT2D eigenvalue weighted by Gasteiger charge is -2.25. The van der Waals surface area contributed by atoms with Crippen molar-refractivity contribution in [1.82, 2.24) is 5.32 Å². The number of nitrogens with one attached hydrogen (secondary N) is 1. The third kappa shape index (κ3) is 7.45. The van der Waals surface area contributed by atoms with Gasteiger partial charge in [0.25, 0.3) is 0 Å². The molecule has 0 aromatic heterocycles. The van der Waals surface area contributed by atoms with Crippen molar-refractivity contribution in [3.05, 3.63) is 48.0 Å². The van der Waals surface area contributed by atoms with Gasteiger partial charge in [-0.1, -0.05) is 56.3 Å². The average Bonchev–Trinajstić information content (AvgIpc) is 2.79. The van der Waals surface area contributed by atoms with Crippen molar-refractivity contribution in [1.29, 1.82) is 0 Å². The lowest BCUT2D eigenvalue weighted by atomic mass is 9.86. The first-order chi connectivity index (χ1) is 15.7. The monoisotopic (exact) mass is 455 g/mol. The van der Waals surface area contributed by atoms with E-state index in [0.717, 1.165) is 16.3 Å². The number of aliphatic hydroxyl groups is 1. The van der Waals surface area contributed by atoms with Gasteiger partial charge < -0.3 is 21.9 Å². The quantitative estimate of drug-likeness (QED) is 0.365. The number of aliphatic hydroxyl groups excluding tert-OH is 1. The molecule has 180 valence electrons. The highest BCUT2D eigenvalue weighted by molar-refractivity contribution is 5.93. The number of benzene rings is 2. The number of ketones is 2. The van der Waals surface area contributed by atoms with Crippen LogP contribution in [-0.2, 0) is 20.8 Å². The van der Waals surface area contributed by atoms with E-state index in [0.29, 0.717) is 12.8 Å². The fourth-order valence-corrected chi connectivity index (χ4v) is 3.98. The molecule has 6 N–H and O–H groups in total. The largest absolute Gasteiger partial charge is 0.393 e. The molecule has 7 heteroatoms. The Balaban J connectivity index is 2.11. The normalized spacial score (nSPS) is 15.1. The SMILES string of the molecule is CC(C)C(=O)[C@H](CCN)NC(=O)[C@@H](CC(=O)C(CN)Cc1ccc2ccccc2c1)[C@H](C)O. The zero-order valence-corrected chi connectivity index (χ0v) is 19.8. The highest BCUT2D eigenvalue weighted by Gasteiger charge is 2.32. The highest BCUT2D eigenvalue weighted by Crippen LogP contribution is 2.21. The molecule has 0 bridgehead atoms. The second-order valence-corrected chi connectivity index (χ2v) is 9.03. The van der Waals surface area contributed by atoms with Crippen molar-refractivity contribution >= 4 is 28.2 Å². The summed E-state index contributed by atoms with van der Waals surface area (Å²) in [5.74, 6) is -2.54. The molecule has 0 aliphatic carbocycles. The first kappa shape index (κ1) is 26.6. The van der Waals surface area contributed by atoms with Gasteiger partial charge in [0, 0.05) is 24.8 Å². The fraction of sp³-hybridized carbons (Fsp3) is 0.500. The van der Waals surface area contributed by atoms with E-state index >= 15 is 0 Å². The van der Waals surface area contributed by atoms with Crippen molar-refractivity contribution in [2.45, 2.75) is 52.2 Å². The Morgan fingerprint density at radius 2 is 1.67 bits per heavy atom. The molecular weight excluding hydrogens is 418 g/mol. The molecule has 0 spiro atoms. The van der Waals surface area contributed by atoms with E-state index < -0.39 is 29.9 Å². The molecular formula is C26H37N3O4. The number of carbonyl (C=O) groups excluding carboxylic acids is 3. The van der Waals surface area contributed by atoms with E-state index in [1.807, 2.05) is 42.5 Å². The van der Waals surface area contributed by atoms with Gasteiger partial charge in [0.1, 0.15) is 5.78 Å². The number of nitrogens with two attached hydrogens (primary N) is 2. The maximum absolute atomic E-state index is 13.1. The average molecular weight is 456 g/mol. The van der Waals surface area contributed by atoms with Crippen LogP contribution in [0.15, 0.2) is 42.5 Å². The van der Waals surface area contributed by atoms with Gasteiger partial charge >= 0.3 is 0 Å². The molecule has 2 aromatic carbocycles.